The summed E-state index contributed by atoms with van der Waals surface area (Å²) in [6, 6.07) is 5.76. The van der Waals surface area contributed by atoms with Crippen molar-refractivity contribution >= 4 is 11.9 Å². The summed E-state index contributed by atoms with van der Waals surface area (Å²) in [6.45, 7) is 2.27. The molecule has 1 aliphatic rings. The van der Waals surface area contributed by atoms with Gasteiger partial charge in [-0.05, 0) is 31.4 Å². The van der Waals surface area contributed by atoms with E-state index in [1.165, 1.54) is 18.2 Å². The summed E-state index contributed by atoms with van der Waals surface area (Å²) in [6.07, 6.45) is 3.66. The predicted octanol–water partition coefficient (Wildman–Crippen LogP) is 3.49. The molecule has 2 unspecified atom stereocenters. The summed E-state index contributed by atoms with van der Waals surface area (Å²) in [5, 5.41) is 0. The van der Waals surface area contributed by atoms with Crippen molar-refractivity contribution in [1.82, 2.24) is 0 Å². The molecule has 1 saturated carbocycles. The summed E-state index contributed by atoms with van der Waals surface area (Å²) >= 11 is 0. The van der Waals surface area contributed by atoms with Gasteiger partial charge in [0.2, 0.25) is 0 Å². The second kappa shape index (κ2) is 7.92. The molecule has 1 aliphatic carbocycles. The van der Waals surface area contributed by atoms with E-state index in [1.54, 1.807) is 6.07 Å². The summed E-state index contributed by atoms with van der Waals surface area (Å²) < 4.78 is 23.9. The number of benzene rings is 1. The number of para-hydroxylation sites is 1. The van der Waals surface area contributed by atoms with Crippen molar-refractivity contribution in [3.8, 4) is 5.75 Å². The highest BCUT2D eigenvalue weighted by Gasteiger charge is 2.38. The fraction of sp³-hybridized carbons (Fsp3) is 0.529. The molecule has 0 bridgehead atoms. The fourth-order valence-corrected chi connectivity index (χ4v) is 2.72. The van der Waals surface area contributed by atoms with Crippen LogP contribution in [0.3, 0.4) is 0 Å². The Morgan fingerprint density at radius 2 is 1.77 bits per heavy atom. The van der Waals surface area contributed by atoms with Crippen LogP contribution < -0.4 is 4.74 Å². The van der Waals surface area contributed by atoms with Crippen LogP contribution in [0.5, 0.6) is 5.75 Å². The molecule has 0 heterocycles. The van der Waals surface area contributed by atoms with E-state index in [-0.39, 0.29) is 11.7 Å². The van der Waals surface area contributed by atoms with E-state index in [1.807, 2.05) is 6.92 Å². The monoisotopic (exact) mass is 308 g/mol. The molecule has 0 spiro atoms. The quantitative estimate of drug-likeness (QED) is 0.617. The molecule has 0 radical (unpaired) electrons. The van der Waals surface area contributed by atoms with Gasteiger partial charge in [0.1, 0.15) is 0 Å². The number of carbonyl (C=O) groups excluding carboxylic acids is 2. The fourth-order valence-electron chi connectivity index (χ4n) is 2.72. The molecule has 22 heavy (non-hydrogen) atoms. The van der Waals surface area contributed by atoms with Crippen LogP contribution in [0.25, 0.3) is 0 Å². The minimum absolute atomic E-state index is 0.0984. The van der Waals surface area contributed by atoms with E-state index in [9.17, 15) is 14.0 Å². The van der Waals surface area contributed by atoms with Gasteiger partial charge in [0.25, 0.3) is 0 Å². The molecule has 1 fully saturated rings. The SMILES string of the molecule is CCCOC(=O)C1CCCCC1C(=O)Oc1ccccc1F. The molecule has 2 atom stereocenters. The van der Waals surface area contributed by atoms with Crippen molar-refractivity contribution < 1.29 is 23.5 Å². The largest absolute Gasteiger partial charge is 0.465 e. The zero-order valence-electron chi connectivity index (χ0n) is 12.7. The Bertz CT molecular complexity index is 529. The van der Waals surface area contributed by atoms with Crippen molar-refractivity contribution in [2.75, 3.05) is 6.61 Å². The van der Waals surface area contributed by atoms with E-state index in [0.717, 1.165) is 19.3 Å². The summed E-state index contributed by atoms with van der Waals surface area (Å²) in [5.41, 5.74) is 0. The average molecular weight is 308 g/mol. The summed E-state index contributed by atoms with van der Waals surface area (Å²) in [4.78, 5) is 24.4. The van der Waals surface area contributed by atoms with Gasteiger partial charge in [-0.1, -0.05) is 31.9 Å². The first-order valence-electron chi connectivity index (χ1n) is 7.76. The van der Waals surface area contributed by atoms with Crippen molar-refractivity contribution in [1.29, 1.82) is 0 Å². The Morgan fingerprint density at radius 1 is 1.14 bits per heavy atom. The van der Waals surface area contributed by atoms with Gasteiger partial charge in [-0.3, -0.25) is 9.59 Å². The van der Waals surface area contributed by atoms with E-state index in [0.29, 0.717) is 19.4 Å². The molecule has 0 N–H and O–H groups in total. The second-order valence-corrected chi connectivity index (χ2v) is 5.52. The lowest BCUT2D eigenvalue weighted by Gasteiger charge is -2.28. The van der Waals surface area contributed by atoms with Gasteiger partial charge >= 0.3 is 11.9 Å². The molecule has 1 aromatic rings. The highest BCUT2D eigenvalue weighted by Crippen LogP contribution is 2.32. The van der Waals surface area contributed by atoms with Crippen LogP contribution in [0.4, 0.5) is 4.39 Å². The number of hydrogen-bond acceptors (Lipinski definition) is 4. The van der Waals surface area contributed by atoms with Gasteiger partial charge in [0.05, 0.1) is 18.4 Å². The molecular weight excluding hydrogens is 287 g/mol. The van der Waals surface area contributed by atoms with Crippen LogP contribution in [0, 0.1) is 17.7 Å². The molecule has 4 nitrogen and oxygen atoms in total. The number of esters is 2. The maximum absolute atomic E-state index is 13.6. The van der Waals surface area contributed by atoms with E-state index < -0.39 is 23.6 Å². The molecule has 2 rings (SSSR count). The van der Waals surface area contributed by atoms with E-state index >= 15 is 0 Å². The third kappa shape index (κ3) is 4.06. The van der Waals surface area contributed by atoms with Gasteiger partial charge in [0, 0.05) is 0 Å². The van der Waals surface area contributed by atoms with E-state index in [2.05, 4.69) is 0 Å². The Kier molecular flexibility index (Phi) is 5.92. The molecule has 0 aliphatic heterocycles. The van der Waals surface area contributed by atoms with Crippen LogP contribution in [0.2, 0.25) is 0 Å². The topological polar surface area (TPSA) is 52.6 Å². The van der Waals surface area contributed by atoms with Gasteiger partial charge < -0.3 is 9.47 Å². The molecule has 120 valence electrons. The summed E-state index contributed by atoms with van der Waals surface area (Å²) in [5.74, 6) is -2.63. The third-order valence-corrected chi connectivity index (χ3v) is 3.87. The number of carbonyl (C=O) groups is 2. The zero-order valence-corrected chi connectivity index (χ0v) is 12.7. The van der Waals surface area contributed by atoms with Crippen molar-refractivity contribution in [2.24, 2.45) is 11.8 Å². The lowest BCUT2D eigenvalue weighted by molar-refractivity contribution is -0.158. The van der Waals surface area contributed by atoms with Crippen molar-refractivity contribution in [3.63, 3.8) is 0 Å². The third-order valence-electron chi connectivity index (χ3n) is 3.87. The van der Waals surface area contributed by atoms with Crippen molar-refractivity contribution in [3.05, 3.63) is 30.1 Å². The highest BCUT2D eigenvalue weighted by atomic mass is 19.1. The van der Waals surface area contributed by atoms with Crippen LogP contribution in [0.15, 0.2) is 24.3 Å². The standard InChI is InChI=1S/C17H21FO4/c1-2-11-21-16(19)12-7-3-4-8-13(12)17(20)22-15-10-6-5-9-14(15)18/h5-6,9-10,12-13H,2-4,7-8,11H2,1H3. The highest BCUT2D eigenvalue weighted by molar-refractivity contribution is 5.83. The summed E-state index contributed by atoms with van der Waals surface area (Å²) in [7, 11) is 0. The zero-order chi connectivity index (χ0) is 15.9. The second-order valence-electron chi connectivity index (χ2n) is 5.52. The number of rotatable bonds is 5. The first-order chi connectivity index (χ1) is 10.6. The Morgan fingerprint density at radius 3 is 2.41 bits per heavy atom. The molecule has 1 aromatic carbocycles. The van der Waals surface area contributed by atoms with Gasteiger partial charge in [0.15, 0.2) is 11.6 Å². The maximum Gasteiger partial charge on any atom is 0.315 e. The van der Waals surface area contributed by atoms with Crippen LogP contribution in [-0.2, 0) is 14.3 Å². The number of ether oxygens (including phenoxy) is 2. The van der Waals surface area contributed by atoms with Crippen LogP contribution in [0.1, 0.15) is 39.0 Å². The van der Waals surface area contributed by atoms with Crippen LogP contribution in [-0.4, -0.2) is 18.5 Å². The Labute approximate surface area is 129 Å². The smallest absolute Gasteiger partial charge is 0.315 e. The van der Waals surface area contributed by atoms with Gasteiger partial charge in [-0.2, -0.15) is 0 Å². The average Bonchev–Trinajstić information content (AvgIpc) is 2.54. The normalized spacial score (nSPS) is 21.2. The molecular formula is C17H21FO4. The minimum Gasteiger partial charge on any atom is -0.465 e. The molecule has 0 aromatic heterocycles. The maximum atomic E-state index is 13.6. The van der Waals surface area contributed by atoms with Crippen LogP contribution >= 0.6 is 0 Å². The first-order valence-corrected chi connectivity index (χ1v) is 7.76. The predicted molar refractivity (Wildman–Crippen MR) is 78.7 cm³/mol. The first kappa shape index (κ1) is 16.5. The molecule has 0 saturated heterocycles. The lowest BCUT2D eigenvalue weighted by atomic mass is 9.79. The Balaban J connectivity index is 2.05. The number of hydrogen-bond donors (Lipinski definition) is 0. The minimum atomic E-state index is -0.586. The van der Waals surface area contributed by atoms with Gasteiger partial charge in [-0.15, -0.1) is 0 Å². The molecule has 5 heteroatoms. The van der Waals surface area contributed by atoms with Gasteiger partial charge in [-0.25, -0.2) is 4.39 Å². The lowest BCUT2D eigenvalue weighted by Crippen LogP contribution is -2.36. The number of halogens is 1. The Hall–Kier alpha value is -1.91. The molecule has 0 amide bonds. The van der Waals surface area contributed by atoms with Crippen molar-refractivity contribution in [2.45, 2.75) is 39.0 Å². The van der Waals surface area contributed by atoms with E-state index in [4.69, 9.17) is 9.47 Å².